The highest BCUT2D eigenvalue weighted by Gasteiger charge is 2.28. The van der Waals surface area contributed by atoms with Gasteiger partial charge in [-0.05, 0) is 43.4 Å². The van der Waals surface area contributed by atoms with E-state index in [1.54, 1.807) is 6.20 Å². The first-order chi connectivity index (χ1) is 12.7. The third kappa shape index (κ3) is 2.90. The van der Waals surface area contributed by atoms with Crippen LogP contribution in [0.5, 0.6) is 0 Å². The van der Waals surface area contributed by atoms with Crippen molar-refractivity contribution in [3.63, 3.8) is 0 Å². The zero-order valence-electron chi connectivity index (χ0n) is 14.6. The molecule has 0 aliphatic carbocycles. The molecule has 0 saturated carbocycles. The number of carbonyl (C=O) groups is 1. The molecule has 0 radical (unpaired) electrons. The second kappa shape index (κ2) is 6.96. The first-order valence-corrected chi connectivity index (χ1v) is 9.80. The van der Waals surface area contributed by atoms with Gasteiger partial charge in [0, 0.05) is 30.7 Å². The molecule has 1 saturated heterocycles. The summed E-state index contributed by atoms with van der Waals surface area (Å²) < 4.78 is 0. The third-order valence-corrected chi connectivity index (χ3v) is 6.20. The molecule has 0 atom stereocenters. The number of nitrogens with two attached hydrogens (primary N) is 1. The minimum Gasteiger partial charge on any atom is -0.389 e. The van der Waals surface area contributed by atoms with Crippen molar-refractivity contribution < 1.29 is 4.79 Å². The average molecular weight is 367 g/mol. The van der Waals surface area contributed by atoms with Gasteiger partial charge in [0.1, 0.15) is 16.9 Å². The largest absolute Gasteiger partial charge is 0.389 e. The van der Waals surface area contributed by atoms with Crippen molar-refractivity contribution in [2.24, 2.45) is 0 Å². The maximum atomic E-state index is 13.0. The van der Waals surface area contributed by atoms with Gasteiger partial charge in [-0.2, -0.15) is 5.26 Å². The quantitative estimate of drug-likeness (QED) is 0.882. The van der Waals surface area contributed by atoms with Gasteiger partial charge in [-0.15, -0.1) is 11.3 Å². The summed E-state index contributed by atoms with van der Waals surface area (Å²) in [6.45, 7) is 3.02. The van der Waals surface area contributed by atoms with E-state index in [0.29, 0.717) is 22.7 Å². The molecule has 0 spiro atoms. The Kier molecular flexibility index (Phi) is 4.51. The van der Waals surface area contributed by atoms with Crippen molar-refractivity contribution in [3.8, 4) is 6.07 Å². The summed E-state index contributed by atoms with van der Waals surface area (Å²) in [4.78, 5) is 22.7. The van der Waals surface area contributed by atoms with Crippen LogP contribution in [0.3, 0.4) is 0 Å². The number of aromatic nitrogens is 1. The van der Waals surface area contributed by atoms with Crippen molar-refractivity contribution in [1.29, 1.82) is 5.26 Å². The molecular formula is C19H21N5OS. The molecule has 134 valence electrons. The monoisotopic (exact) mass is 367 g/mol. The summed E-state index contributed by atoms with van der Waals surface area (Å²) in [7, 11) is 0. The van der Waals surface area contributed by atoms with Gasteiger partial charge in [-0.1, -0.05) is 0 Å². The molecule has 2 aliphatic rings. The first kappa shape index (κ1) is 16.9. The van der Waals surface area contributed by atoms with Crippen LogP contribution < -0.4 is 10.6 Å². The lowest BCUT2D eigenvalue weighted by Gasteiger charge is -2.31. The molecular weight excluding hydrogens is 346 g/mol. The van der Waals surface area contributed by atoms with Crippen molar-refractivity contribution in [3.05, 3.63) is 39.9 Å². The molecule has 0 bridgehead atoms. The SMILES string of the molecule is N#Cc1c(N)sc2c1CCN(c1ncccc1C(=O)N1CCCCC1)C2. The molecule has 4 rings (SSSR count). The van der Waals surface area contributed by atoms with E-state index in [-0.39, 0.29) is 5.91 Å². The predicted octanol–water partition coefficient (Wildman–Crippen LogP) is 2.79. The van der Waals surface area contributed by atoms with Crippen LogP contribution in [-0.4, -0.2) is 35.4 Å². The molecule has 1 fully saturated rings. The average Bonchev–Trinajstić information content (AvgIpc) is 3.02. The predicted molar refractivity (Wildman–Crippen MR) is 102 cm³/mol. The number of amides is 1. The zero-order chi connectivity index (χ0) is 18.1. The van der Waals surface area contributed by atoms with Crippen LogP contribution in [0, 0.1) is 11.3 Å². The van der Waals surface area contributed by atoms with Crippen molar-refractivity contribution >= 4 is 28.1 Å². The van der Waals surface area contributed by atoms with Gasteiger partial charge >= 0.3 is 0 Å². The Balaban J connectivity index is 1.63. The van der Waals surface area contributed by atoms with Crippen LogP contribution in [0.1, 0.15) is 45.6 Å². The molecule has 1 amide bonds. The number of nitrogen functional groups attached to an aromatic ring is 1. The number of rotatable bonds is 2. The van der Waals surface area contributed by atoms with E-state index in [1.807, 2.05) is 17.0 Å². The highest BCUT2D eigenvalue weighted by Crippen LogP contribution is 2.36. The Morgan fingerprint density at radius 3 is 2.85 bits per heavy atom. The highest BCUT2D eigenvalue weighted by molar-refractivity contribution is 7.16. The fourth-order valence-electron chi connectivity index (χ4n) is 3.81. The van der Waals surface area contributed by atoms with Crippen LogP contribution in [-0.2, 0) is 13.0 Å². The van der Waals surface area contributed by atoms with Gasteiger partial charge in [0.15, 0.2) is 0 Å². The van der Waals surface area contributed by atoms with Crippen molar-refractivity contribution in [1.82, 2.24) is 9.88 Å². The molecule has 2 aromatic heterocycles. The Hall–Kier alpha value is -2.59. The van der Waals surface area contributed by atoms with Gasteiger partial charge in [-0.3, -0.25) is 4.79 Å². The van der Waals surface area contributed by atoms with E-state index in [2.05, 4.69) is 16.0 Å². The number of likely N-dealkylation sites (tertiary alicyclic amines) is 1. The number of fused-ring (bicyclic) bond motifs is 1. The van der Waals surface area contributed by atoms with Crippen molar-refractivity contribution in [2.45, 2.75) is 32.2 Å². The van der Waals surface area contributed by atoms with Gasteiger partial charge in [-0.25, -0.2) is 4.98 Å². The van der Waals surface area contributed by atoms with E-state index in [0.717, 1.165) is 55.2 Å². The maximum Gasteiger partial charge on any atom is 0.257 e. The van der Waals surface area contributed by atoms with Crippen LogP contribution in [0.2, 0.25) is 0 Å². The summed E-state index contributed by atoms with van der Waals surface area (Å²) in [5.74, 6) is 0.807. The maximum absolute atomic E-state index is 13.0. The smallest absolute Gasteiger partial charge is 0.257 e. The Bertz CT molecular complexity index is 879. The lowest BCUT2D eigenvalue weighted by Crippen LogP contribution is -2.38. The van der Waals surface area contributed by atoms with E-state index in [1.165, 1.54) is 17.8 Å². The standard InChI is InChI=1S/C19H21N5OS/c20-11-15-13-6-10-24(12-16(13)26-17(15)21)18-14(5-4-7-22-18)19(25)23-8-2-1-3-9-23/h4-5,7H,1-3,6,8-10,12,21H2. The topological polar surface area (TPSA) is 86.2 Å². The summed E-state index contributed by atoms with van der Waals surface area (Å²) in [6, 6.07) is 5.92. The van der Waals surface area contributed by atoms with Gasteiger partial charge < -0.3 is 15.5 Å². The summed E-state index contributed by atoms with van der Waals surface area (Å²) >= 11 is 1.47. The van der Waals surface area contributed by atoms with Crippen LogP contribution >= 0.6 is 11.3 Å². The Labute approximate surface area is 156 Å². The van der Waals surface area contributed by atoms with Gasteiger partial charge in [0.25, 0.3) is 5.91 Å². The Morgan fingerprint density at radius 2 is 2.08 bits per heavy atom. The summed E-state index contributed by atoms with van der Waals surface area (Å²) in [5, 5.41) is 9.90. The zero-order valence-corrected chi connectivity index (χ0v) is 15.4. The second-order valence-electron chi connectivity index (χ2n) is 6.75. The second-order valence-corrected chi connectivity index (χ2v) is 7.89. The van der Waals surface area contributed by atoms with Gasteiger partial charge in [0.2, 0.25) is 0 Å². The minimum absolute atomic E-state index is 0.0713. The van der Waals surface area contributed by atoms with Crippen LogP contribution in [0.25, 0.3) is 0 Å². The normalized spacial score (nSPS) is 16.9. The fraction of sp³-hybridized carbons (Fsp3) is 0.421. The van der Waals surface area contributed by atoms with E-state index < -0.39 is 0 Å². The van der Waals surface area contributed by atoms with Crippen molar-refractivity contribution in [2.75, 3.05) is 30.3 Å². The van der Waals surface area contributed by atoms with E-state index in [4.69, 9.17) is 5.73 Å². The molecule has 7 heteroatoms. The molecule has 4 heterocycles. The number of carbonyl (C=O) groups excluding carboxylic acids is 1. The summed E-state index contributed by atoms with van der Waals surface area (Å²) in [5.41, 5.74) is 8.34. The van der Waals surface area contributed by atoms with E-state index in [9.17, 15) is 10.1 Å². The highest BCUT2D eigenvalue weighted by atomic mass is 32.1. The van der Waals surface area contributed by atoms with Crippen LogP contribution in [0.4, 0.5) is 10.8 Å². The summed E-state index contributed by atoms with van der Waals surface area (Å²) in [6.07, 6.45) is 5.82. The first-order valence-electron chi connectivity index (χ1n) is 8.98. The Morgan fingerprint density at radius 1 is 1.27 bits per heavy atom. The molecule has 2 N–H and O–H groups in total. The number of piperidine rings is 1. The van der Waals surface area contributed by atoms with Gasteiger partial charge in [0.05, 0.1) is 17.7 Å². The minimum atomic E-state index is 0.0713. The number of pyridine rings is 1. The lowest BCUT2D eigenvalue weighted by atomic mass is 10.0. The number of thiophene rings is 1. The number of nitrogens with zero attached hydrogens (tertiary/aromatic N) is 4. The third-order valence-electron chi connectivity index (χ3n) is 5.16. The van der Waals surface area contributed by atoms with E-state index >= 15 is 0 Å². The molecule has 6 nitrogen and oxygen atoms in total. The number of hydrogen-bond acceptors (Lipinski definition) is 6. The fourth-order valence-corrected chi connectivity index (χ4v) is 4.90. The molecule has 0 unspecified atom stereocenters. The molecule has 0 aromatic carbocycles. The van der Waals surface area contributed by atoms with Crippen LogP contribution in [0.15, 0.2) is 18.3 Å². The number of anilines is 2. The molecule has 2 aromatic rings. The lowest BCUT2D eigenvalue weighted by molar-refractivity contribution is 0.0724. The number of hydrogen-bond donors (Lipinski definition) is 1. The molecule has 26 heavy (non-hydrogen) atoms. The number of nitriles is 1. The molecule has 2 aliphatic heterocycles.